The fourth-order valence-corrected chi connectivity index (χ4v) is 2.57. The van der Waals surface area contributed by atoms with Gasteiger partial charge in [-0.25, -0.2) is 15.0 Å². The number of H-pyrrole nitrogens is 1. The van der Waals surface area contributed by atoms with Crippen LogP contribution in [0, 0.1) is 0 Å². The second-order valence-electron chi connectivity index (χ2n) is 3.76. The molecule has 7 heteroatoms. The second kappa shape index (κ2) is 4.77. The molecule has 0 aliphatic carbocycles. The third kappa shape index (κ3) is 2.19. The number of methoxy groups -OCH3 is 1. The first-order chi connectivity index (χ1) is 9.28. The fourth-order valence-electron chi connectivity index (χ4n) is 1.70. The average molecular weight is 273 g/mol. The molecule has 0 spiro atoms. The number of nitrogens with one attached hydrogen (secondary N) is 1. The SMILES string of the molecule is COc1c(N)ncnc1Sc1nc2ccccc2[nH]1. The van der Waals surface area contributed by atoms with E-state index in [1.165, 1.54) is 25.2 Å². The summed E-state index contributed by atoms with van der Waals surface area (Å²) in [4.78, 5) is 15.7. The summed E-state index contributed by atoms with van der Waals surface area (Å²) in [6.07, 6.45) is 1.41. The number of aromatic amines is 1. The van der Waals surface area contributed by atoms with Crippen LogP contribution in [-0.4, -0.2) is 27.0 Å². The van der Waals surface area contributed by atoms with Crippen LogP contribution in [0.5, 0.6) is 5.75 Å². The first-order valence-corrected chi connectivity index (χ1v) is 6.36. The van der Waals surface area contributed by atoms with Crippen molar-refractivity contribution < 1.29 is 4.74 Å². The standard InChI is InChI=1S/C12H11N5OS/c1-18-9-10(13)14-6-15-11(9)19-12-16-7-4-2-3-5-8(7)17-12/h2-6H,1H3,(H,16,17)(H2,13,14,15). The van der Waals surface area contributed by atoms with E-state index >= 15 is 0 Å². The number of para-hydroxylation sites is 2. The first-order valence-electron chi connectivity index (χ1n) is 5.55. The number of benzene rings is 1. The van der Waals surface area contributed by atoms with Crippen LogP contribution >= 0.6 is 11.8 Å². The van der Waals surface area contributed by atoms with E-state index in [1.807, 2.05) is 24.3 Å². The summed E-state index contributed by atoms with van der Waals surface area (Å²) in [7, 11) is 1.54. The molecule has 0 radical (unpaired) electrons. The van der Waals surface area contributed by atoms with Gasteiger partial charge in [0.1, 0.15) is 6.33 Å². The minimum atomic E-state index is 0.316. The number of aromatic nitrogens is 4. The zero-order valence-electron chi connectivity index (χ0n) is 10.1. The largest absolute Gasteiger partial charge is 0.490 e. The molecule has 0 unspecified atom stereocenters. The molecule has 2 heterocycles. The predicted octanol–water partition coefficient (Wildman–Crippen LogP) is 2.09. The lowest BCUT2D eigenvalue weighted by atomic mass is 10.3. The van der Waals surface area contributed by atoms with Crippen molar-refractivity contribution in [2.45, 2.75) is 10.2 Å². The summed E-state index contributed by atoms with van der Waals surface area (Å²) >= 11 is 1.36. The number of ether oxygens (including phenoxy) is 1. The van der Waals surface area contributed by atoms with Gasteiger partial charge < -0.3 is 15.5 Å². The minimum Gasteiger partial charge on any atom is -0.490 e. The lowest BCUT2D eigenvalue weighted by Gasteiger charge is -2.06. The van der Waals surface area contributed by atoms with Gasteiger partial charge in [-0.2, -0.15) is 0 Å². The van der Waals surface area contributed by atoms with Crippen molar-refractivity contribution in [1.29, 1.82) is 0 Å². The average Bonchev–Trinajstić information content (AvgIpc) is 2.81. The quantitative estimate of drug-likeness (QED) is 0.710. The zero-order valence-corrected chi connectivity index (χ0v) is 10.9. The number of nitrogens with zero attached hydrogens (tertiary/aromatic N) is 3. The number of hydrogen-bond donors (Lipinski definition) is 2. The number of rotatable bonds is 3. The monoisotopic (exact) mass is 273 g/mol. The van der Waals surface area contributed by atoms with Gasteiger partial charge in [0.2, 0.25) is 0 Å². The zero-order chi connectivity index (χ0) is 13.2. The lowest BCUT2D eigenvalue weighted by Crippen LogP contribution is -1.99. The molecule has 19 heavy (non-hydrogen) atoms. The van der Waals surface area contributed by atoms with E-state index in [4.69, 9.17) is 10.5 Å². The van der Waals surface area contributed by atoms with Crippen LogP contribution in [0.15, 0.2) is 40.8 Å². The van der Waals surface area contributed by atoms with Gasteiger partial charge in [-0.15, -0.1) is 0 Å². The van der Waals surface area contributed by atoms with Crippen molar-refractivity contribution in [1.82, 2.24) is 19.9 Å². The van der Waals surface area contributed by atoms with E-state index in [2.05, 4.69) is 19.9 Å². The number of nitrogen functional groups attached to an aromatic ring is 1. The van der Waals surface area contributed by atoms with E-state index in [0.29, 0.717) is 16.6 Å². The van der Waals surface area contributed by atoms with Gasteiger partial charge in [-0.3, -0.25) is 0 Å². The van der Waals surface area contributed by atoms with Crippen molar-refractivity contribution >= 4 is 28.6 Å². The van der Waals surface area contributed by atoms with E-state index in [0.717, 1.165) is 16.2 Å². The van der Waals surface area contributed by atoms with Crippen molar-refractivity contribution in [2.24, 2.45) is 0 Å². The maximum absolute atomic E-state index is 5.74. The third-order valence-electron chi connectivity index (χ3n) is 2.56. The van der Waals surface area contributed by atoms with Crippen LogP contribution in [0.4, 0.5) is 5.82 Å². The van der Waals surface area contributed by atoms with Crippen LogP contribution in [0.2, 0.25) is 0 Å². The Morgan fingerprint density at radius 1 is 1.26 bits per heavy atom. The predicted molar refractivity (Wildman–Crippen MR) is 73.2 cm³/mol. The molecule has 0 saturated heterocycles. The van der Waals surface area contributed by atoms with E-state index in [1.54, 1.807) is 0 Å². The van der Waals surface area contributed by atoms with E-state index in [9.17, 15) is 0 Å². The highest BCUT2D eigenvalue weighted by atomic mass is 32.2. The Labute approximate surface area is 113 Å². The molecule has 96 valence electrons. The maximum Gasteiger partial charge on any atom is 0.193 e. The van der Waals surface area contributed by atoms with Gasteiger partial charge >= 0.3 is 0 Å². The van der Waals surface area contributed by atoms with Crippen LogP contribution in [-0.2, 0) is 0 Å². The smallest absolute Gasteiger partial charge is 0.193 e. The summed E-state index contributed by atoms with van der Waals surface area (Å²) in [6, 6.07) is 7.82. The Bertz CT molecular complexity index is 694. The molecule has 0 saturated carbocycles. The summed E-state index contributed by atoms with van der Waals surface area (Å²) in [5.41, 5.74) is 7.63. The third-order valence-corrected chi connectivity index (χ3v) is 3.43. The molecule has 0 bridgehead atoms. The molecule has 0 aliphatic rings. The molecule has 0 amide bonds. The Kier molecular flexibility index (Phi) is 2.96. The lowest BCUT2D eigenvalue weighted by molar-refractivity contribution is 0.401. The van der Waals surface area contributed by atoms with Crippen molar-refractivity contribution in [3.05, 3.63) is 30.6 Å². The van der Waals surface area contributed by atoms with Gasteiger partial charge in [0.25, 0.3) is 0 Å². The summed E-state index contributed by atoms with van der Waals surface area (Å²) < 4.78 is 5.21. The normalized spacial score (nSPS) is 10.8. The maximum atomic E-state index is 5.74. The highest BCUT2D eigenvalue weighted by Crippen LogP contribution is 2.34. The number of fused-ring (bicyclic) bond motifs is 1. The molecule has 3 N–H and O–H groups in total. The number of imidazole rings is 1. The Hall–Kier alpha value is -2.28. The first kappa shape index (κ1) is 11.8. The topological polar surface area (TPSA) is 89.7 Å². The molecule has 3 rings (SSSR count). The number of nitrogens with two attached hydrogens (primary N) is 1. The van der Waals surface area contributed by atoms with Gasteiger partial charge in [0, 0.05) is 0 Å². The molecular weight excluding hydrogens is 262 g/mol. The van der Waals surface area contributed by atoms with Gasteiger partial charge in [0.15, 0.2) is 21.7 Å². The van der Waals surface area contributed by atoms with E-state index < -0.39 is 0 Å². The van der Waals surface area contributed by atoms with Gasteiger partial charge in [-0.1, -0.05) is 12.1 Å². The fraction of sp³-hybridized carbons (Fsp3) is 0.0833. The second-order valence-corrected chi connectivity index (χ2v) is 4.74. The molecule has 2 aromatic heterocycles. The molecule has 6 nitrogen and oxygen atoms in total. The Morgan fingerprint density at radius 3 is 2.89 bits per heavy atom. The van der Waals surface area contributed by atoms with Crippen molar-refractivity contribution in [3.8, 4) is 5.75 Å². The van der Waals surface area contributed by atoms with Gasteiger partial charge in [0.05, 0.1) is 18.1 Å². The summed E-state index contributed by atoms with van der Waals surface area (Å²) in [5, 5.41) is 1.37. The Morgan fingerprint density at radius 2 is 2.11 bits per heavy atom. The Balaban J connectivity index is 1.99. The van der Waals surface area contributed by atoms with Crippen LogP contribution < -0.4 is 10.5 Å². The van der Waals surface area contributed by atoms with Crippen LogP contribution in [0.1, 0.15) is 0 Å². The van der Waals surface area contributed by atoms with Crippen LogP contribution in [0.3, 0.4) is 0 Å². The number of hydrogen-bond acceptors (Lipinski definition) is 6. The summed E-state index contributed by atoms with van der Waals surface area (Å²) in [6.45, 7) is 0. The van der Waals surface area contributed by atoms with E-state index in [-0.39, 0.29) is 0 Å². The minimum absolute atomic E-state index is 0.316. The molecule has 0 aliphatic heterocycles. The molecular formula is C12H11N5OS. The summed E-state index contributed by atoms with van der Waals surface area (Å²) in [5.74, 6) is 0.782. The molecule has 0 atom stereocenters. The molecule has 3 aromatic rings. The number of anilines is 1. The van der Waals surface area contributed by atoms with Crippen molar-refractivity contribution in [2.75, 3.05) is 12.8 Å². The molecule has 0 fully saturated rings. The highest BCUT2D eigenvalue weighted by Gasteiger charge is 2.13. The van der Waals surface area contributed by atoms with Crippen molar-refractivity contribution in [3.63, 3.8) is 0 Å². The highest BCUT2D eigenvalue weighted by molar-refractivity contribution is 7.99. The van der Waals surface area contributed by atoms with Crippen LogP contribution in [0.25, 0.3) is 11.0 Å². The van der Waals surface area contributed by atoms with Gasteiger partial charge in [-0.05, 0) is 23.9 Å². The molecule has 1 aromatic carbocycles.